The van der Waals surface area contributed by atoms with Crippen LogP contribution in [0.5, 0.6) is 11.5 Å². The molecule has 6 rings (SSSR count). The fourth-order valence-corrected chi connectivity index (χ4v) is 6.57. The number of rotatable bonds is 11. The second kappa shape index (κ2) is 14.2. The molecule has 15 heteroatoms. The number of carbonyl (C=O) groups excluding carboxylic acids is 1. The van der Waals surface area contributed by atoms with Gasteiger partial charge in [0.2, 0.25) is 0 Å². The van der Waals surface area contributed by atoms with E-state index in [0.29, 0.717) is 32.4 Å². The van der Waals surface area contributed by atoms with Crippen LogP contribution in [-0.2, 0) is 23.1 Å². The van der Waals surface area contributed by atoms with Crippen LogP contribution < -0.4 is 14.8 Å². The lowest BCUT2D eigenvalue weighted by Crippen LogP contribution is -2.32. The first-order valence-corrected chi connectivity index (χ1v) is 17.3. The van der Waals surface area contributed by atoms with Crippen molar-refractivity contribution in [2.75, 3.05) is 5.32 Å². The summed E-state index contributed by atoms with van der Waals surface area (Å²) >= 11 is 12.5. The number of aryl methyl sites for hydroxylation is 2. The van der Waals surface area contributed by atoms with Crippen molar-refractivity contribution in [3.8, 4) is 11.5 Å². The standard InChI is InChI=1S/C35H28Cl2N6O6S/c1-21-15-27(16-22(2)33(21)37)49-26-6-3-24(4-7-26)20-42-34(29-17-25(36)5-9-30(29)40-42)35(44)41-50(47,48)28-8-10-32(43(45)46)31(18-28)39-19-23-11-13-38-14-12-23/h3-18,39H,19-20H2,1-2H3,(H,41,44). The molecule has 0 aliphatic rings. The van der Waals surface area contributed by atoms with Crippen molar-refractivity contribution in [3.05, 3.63) is 145 Å². The number of hydrogen-bond acceptors (Lipinski definition) is 9. The lowest BCUT2D eigenvalue weighted by molar-refractivity contribution is -0.384. The van der Waals surface area contributed by atoms with Crippen LogP contribution in [0, 0.1) is 24.0 Å². The highest BCUT2D eigenvalue weighted by Gasteiger charge is 2.27. The number of hydrogen-bond donors (Lipinski definition) is 2. The molecule has 0 fully saturated rings. The summed E-state index contributed by atoms with van der Waals surface area (Å²) in [5, 5.41) is 20.5. The van der Waals surface area contributed by atoms with Gasteiger partial charge in [0, 0.05) is 40.4 Å². The van der Waals surface area contributed by atoms with E-state index in [1.54, 1.807) is 60.9 Å². The largest absolute Gasteiger partial charge is 0.457 e. The van der Waals surface area contributed by atoms with Gasteiger partial charge < -0.3 is 10.1 Å². The number of anilines is 1. The van der Waals surface area contributed by atoms with Gasteiger partial charge in [0.1, 0.15) is 22.9 Å². The molecule has 0 saturated heterocycles. The average molecular weight is 732 g/mol. The fourth-order valence-electron chi connectivity index (χ4n) is 5.31. The van der Waals surface area contributed by atoms with Crippen LogP contribution in [0.25, 0.3) is 10.9 Å². The van der Waals surface area contributed by atoms with Gasteiger partial charge in [0.05, 0.1) is 21.9 Å². The number of nitro benzene ring substituents is 1. The van der Waals surface area contributed by atoms with Gasteiger partial charge in [-0.25, -0.2) is 13.1 Å². The molecule has 0 aliphatic carbocycles. The molecule has 1 amide bonds. The second-order valence-electron chi connectivity index (χ2n) is 11.4. The van der Waals surface area contributed by atoms with Crippen LogP contribution in [0.3, 0.4) is 0 Å². The number of aromatic nitrogens is 3. The molecular formula is C35H28Cl2N6O6S. The maximum absolute atomic E-state index is 13.8. The summed E-state index contributed by atoms with van der Waals surface area (Å²) in [7, 11) is -4.52. The Morgan fingerprint density at radius 3 is 2.28 bits per heavy atom. The third-order valence-corrected chi connectivity index (χ3v) is 9.91. The highest BCUT2D eigenvalue weighted by Crippen LogP contribution is 2.31. The first kappa shape index (κ1) is 34.4. The van der Waals surface area contributed by atoms with Crippen molar-refractivity contribution in [1.82, 2.24) is 19.5 Å². The zero-order chi connectivity index (χ0) is 35.6. The maximum atomic E-state index is 13.8. The van der Waals surface area contributed by atoms with E-state index < -0.39 is 20.9 Å². The molecule has 0 atom stereocenters. The third-order valence-electron chi connectivity index (χ3n) is 7.75. The first-order chi connectivity index (χ1) is 23.9. The van der Waals surface area contributed by atoms with E-state index in [4.69, 9.17) is 27.9 Å². The first-order valence-electron chi connectivity index (χ1n) is 15.1. The Labute approximate surface area is 296 Å². The Bertz CT molecular complexity index is 2340. The molecule has 50 heavy (non-hydrogen) atoms. The Hall–Kier alpha value is -5.50. The minimum absolute atomic E-state index is 0.0434. The summed E-state index contributed by atoms with van der Waals surface area (Å²) in [5.74, 6) is 0.249. The predicted molar refractivity (Wildman–Crippen MR) is 191 cm³/mol. The number of nitrogens with one attached hydrogen (secondary N) is 2. The van der Waals surface area contributed by atoms with Gasteiger partial charge in [-0.3, -0.25) is 24.6 Å². The number of nitrogens with zero attached hydrogens (tertiary/aromatic N) is 4. The summed E-state index contributed by atoms with van der Waals surface area (Å²) in [6, 6.07) is 22.3. The van der Waals surface area contributed by atoms with Crippen molar-refractivity contribution in [1.29, 1.82) is 0 Å². The second-order valence-corrected chi connectivity index (χ2v) is 13.9. The van der Waals surface area contributed by atoms with Crippen molar-refractivity contribution < 1.29 is 22.9 Å². The molecule has 6 aromatic rings. The molecule has 2 aromatic heterocycles. The van der Waals surface area contributed by atoms with Gasteiger partial charge in [-0.1, -0.05) is 35.3 Å². The van der Waals surface area contributed by atoms with Crippen LogP contribution in [0.1, 0.15) is 32.7 Å². The third kappa shape index (κ3) is 7.54. The SMILES string of the molecule is Cc1cc(Oc2ccc(Cn3nc4ccc(Cl)cc4c3C(=O)NS(=O)(=O)c3ccc([N+](=O)[O-])c(NCc4ccncc4)c3)cc2)cc(C)c1Cl. The topological polar surface area (TPSA) is 158 Å². The molecule has 12 nitrogen and oxygen atoms in total. The Morgan fingerprint density at radius 1 is 0.900 bits per heavy atom. The number of amides is 1. The van der Waals surface area contributed by atoms with Gasteiger partial charge in [0.15, 0.2) is 0 Å². The van der Waals surface area contributed by atoms with Crippen molar-refractivity contribution in [2.45, 2.75) is 31.8 Å². The molecule has 254 valence electrons. The van der Waals surface area contributed by atoms with Crippen LogP contribution in [-0.4, -0.2) is 34.0 Å². The minimum atomic E-state index is -4.52. The van der Waals surface area contributed by atoms with Crippen LogP contribution >= 0.6 is 23.2 Å². The van der Waals surface area contributed by atoms with Gasteiger partial charge in [-0.2, -0.15) is 5.10 Å². The monoisotopic (exact) mass is 730 g/mol. The lowest BCUT2D eigenvalue weighted by atomic mass is 10.1. The highest BCUT2D eigenvalue weighted by molar-refractivity contribution is 7.90. The zero-order valence-electron chi connectivity index (χ0n) is 26.6. The van der Waals surface area contributed by atoms with Crippen LogP contribution in [0.2, 0.25) is 10.0 Å². The van der Waals surface area contributed by atoms with E-state index in [1.165, 1.54) is 10.7 Å². The van der Waals surface area contributed by atoms with E-state index >= 15 is 0 Å². The Balaban J connectivity index is 1.26. The number of ether oxygens (including phenoxy) is 1. The van der Waals surface area contributed by atoms with E-state index in [2.05, 4.69) is 20.1 Å². The van der Waals surface area contributed by atoms with Gasteiger partial charge >= 0.3 is 0 Å². The summed E-state index contributed by atoms with van der Waals surface area (Å²) < 4.78 is 36.6. The molecule has 0 radical (unpaired) electrons. The quantitative estimate of drug-likeness (QED) is 0.100. The summed E-state index contributed by atoms with van der Waals surface area (Å²) in [5.41, 5.74) is 3.29. The normalized spacial score (nSPS) is 11.4. The Kier molecular flexibility index (Phi) is 9.73. The number of carbonyl (C=O) groups is 1. The molecule has 0 unspecified atom stereocenters. The summed E-state index contributed by atoms with van der Waals surface area (Å²) in [6.45, 7) is 4.07. The molecule has 0 aliphatic heterocycles. The molecule has 2 N–H and O–H groups in total. The van der Waals surface area contributed by atoms with Crippen molar-refractivity contribution in [3.63, 3.8) is 0 Å². The van der Waals surface area contributed by atoms with Crippen LogP contribution in [0.15, 0.2) is 102 Å². The average Bonchev–Trinajstić information content (AvgIpc) is 3.44. The molecule has 0 bridgehead atoms. The van der Waals surface area contributed by atoms with E-state index in [9.17, 15) is 23.3 Å². The van der Waals surface area contributed by atoms with E-state index in [-0.39, 0.29) is 35.1 Å². The summed E-state index contributed by atoms with van der Waals surface area (Å²) in [6.07, 6.45) is 3.13. The number of fused-ring (bicyclic) bond motifs is 1. The number of nitro groups is 1. The van der Waals surface area contributed by atoms with Crippen molar-refractivity contribution >= 4 is 61.4 Å². The number of sulfonamides is 1. The predicted octanol–water partition coefficient (Wildman–Crippen LogP) is 7.83. The fraction of sp³-hybridized carbons (Fsp3) is 0.114. The van der Waals surface area contributed by atoms with Crippen molar-refractivity contribution in [2.24, 2.45) is 0 Å². The van der Waals surface area contributed by atoms with Crippen LogP contribution in [0.4, 0.5) is 11.4 Å². The smallest absolute Gasteiger partial charge is 0.292 e. The lowest BCUT2D eigenvalue weighted by Gasteiger charge is -2.13. The molecular weight excluding hydrogens is 703 g/mol. The van der Waals surface area contributed by atoms with Gasteiger partial charge in [0.25, 0.3) is 21.6 Å². The highest BCUT2D eigenvalue weighted by atomic mass is 35.5. The molecule has 2 heterocycles. The van der Waals surface area contributed by atoms with Gasteiger partial charge in [-0.15, -0.1) is 0 Å². The van der Waals surface area contributed by atoms with E-state index in [1.807, 2.05) is 26.0 Å². The molecule has 0 spiro atoms. The zero-order valence-corrected chi connectivity index (χ0v) is 28.9. The molecule has 4 aromatic carbocycles. The Morgan fingerprint density at radius 2 is 1.60 bits per heavy atom. The number of pyridine rings is 1. The molecule has 0 saturated carbocycles. The maximum Gasteiger partial charge on any atom is 0.292 e. The number of halogens is 2. The van der Waals surface area contributed by atoms with Gasteiger partial charge in [-0.05, 0) is 103 Å². The minimum Gasteiger partial charge on any atom is -0.457 e. The number of benzene rings is 4. The van der Waals surface area contributed by atoms with E-state index in [0.717, 1.165) is 40.5 Å². The summed E-state index contributed by atoms with van der Waals surface area (Å²) in [4.78, 5) is 28.4.